The fraction of sp³-hybridized carbons (Fsp3) is 0.100. The molecule has 0 radical (unpaired) electrons. The second-order valence-electron chi connectivity index (χ2n) is 5.80. The van der Waals surface area contributed by atoms with Crippen molar-refractivity contribution in [3.05, 3.63) is 79.9 Å². The van der Waals surface area contributed by atoms with Crippen LogP contribution >= 0.6 is 34.8 Å². The SMILES string of the molecule is COC(=O)C1=C(C)N(c2ccc(Cl)cc2)C(=O)/C1=C\c1ccc(Cl)c(Cl)c1. The maximum atomic E-state index is 13.1. The van der Waals surface area contributed by atoms with Gasteiger partial charge in [0.05, 0.1) is 28.3 Å². The monoisotopic (exact) mass is 421 g/mol. The molecule has 1 aliphatic rings. The Morgan fingerprint density at radius 2 is 1.70 bits per heavy atom. The Kier molecular flexibility index (Phi) is 5.61. The Morgan fingerprint density at radius 3 is 2.30 bits per heavy atom. The summed E-state index contributed by atoms with van der Waals surface area (Å²) in [6.45, 7) is 1.69. The average Bonchev–Trinajstić information content (AvgIpc) is 2.88. The van der Waals surface area contributed by atoms with Crippen LogP contribution in [0.3, 0.4) is 0 Å². The zero-order chi connectivity index (χ0) is 19.7. The summed E-state index contributed by atoms with van der Waals surface area (Å²) in [6, 6.07) is 11.7. The lowest BCUT2D eigenvalue weighted by Crippen LogP contribution is -2.24. The Labute approximate surface area is 171 Å². The lowest BCUT2D eigenvalue weighted by molar-refractivity contribution is -0.136. The third-order valence-corrected chi connectivity index (χ3v) is 5.12. The number of amides is 1. The quantitative estimate of drug-likeness (QED) is 0.483. The molecule has 4 nitrogen and oxygen atoms in total. The van der Waals surface area contributed by atoms with Crippen molar-refractivity contribution in [3.63, 3.8) is 0 Å². The van der Waals surface area contributed by atoms with Crippen molar-refractivity contribution < 1.29 is 14.3 Å². The molecule has 0 atom stereocenters. The van der Waals surface area contributed by atoms with Gasteiger partial charge in [0.1, 0.15) is 0 Å². The molecule has 1 heterocycles. The van der Waals surface area contributed by atoms with Crippen LogP contribution in [0.25, 0.3) is 6.08 Å². The number of anilines is 1. The van der Waals surface area contributed by atoms with Crippen LogP contribution in [0.1, 0.15) is 12.5 Å². The molecule has 3 rings (SSSR count). The molecule has 0 unspecified atom stereocenters. The number of hydrogen-bond acceptors (Lipinski definition) is 3. The van der Waals surface area contributed by atoms with Crippen molar-refractivity contribution in [2.24, 2.45) is 0 Å². The molecule has 0 saturated heterocycles. The van der Waals surface area contributed by atoms with Gasteiger partial charge in [-0.05, 0) is 55.0 Å². The molecule has 138 valence electrons. The zero-order valence-corrected chi connectivity index (χ0v) is 16.7. The van der Waals surface area contributed by atoms with Gasteiger partial charge in [-0.3, -0.25) is 9.69 Å². The highest BCUT2D eigenvalue weighted by atomic mass is 35.5. The number of allylic oxidation sites excluding steroid dienone is 1. The fourth-order valence-corrected chi connectivity index (χ4v) is 3.28. The van der Waals surface area contributed by atoms with Crippen molar-refractivity contribution in [1.82, 2.24) is 0 Å². The van der Waals surface area contributed by atoms with Gasteiger partial charge in [0.2, 0.25) is 0 Å². The number of carbonyl (C=O) groups excluding carboxylic acids is 2. The summed E-state index contributed by atoms with van der Waals surface area (Å²) < 4.78 is 4.88. The number of hydrogen-bond donors (Lipinski definition) is 0. The molecule has 27 heavy (non-hydrogen) atoms. The third kappa shape index (κ3) is 3.74. The minimum atomic E-state index is -0.594. The van der Waals surface area contributed by atoms with Crippen molar-refractivity contribution in [1.29, 1.82) is 0 Å². The molecule has 2 aromatic rings. The van der Waals surface area contributed by atoms with Gasteiger partial charge < -0.3 is 4.74 Å². The van der Waals surface area contributed by atoms with Crippen LogP contribution in [0.2, 0.25) is 15.1 Å². The van der Waals surface area contributed by atoms with Crippen molar-refractivity contribution >= 4 is 58.4 Å². The number of ether oxygens (including phenoxy) is 1. The predicted octanol–water partition coefficient (Wildman–Crippen LogP) is 5.52. The number of nitrogens with zero attached hydrogens (tertiary/aromatic N) is 1. The first-order valence-corrected chi connectivity index (χ1v) is 9.03. The first-order chi connectivity index (χ1) is 12.8. The largest absolute Gasteiger partial charge is 0.465 e. The summed E-state index contributed by atoms with van der Waals surface area (Å²) in [4.78, 5) is 26.9. The molecule has 1 aliphatic heterocycles. The highest BCUT2D eigenvalue weighted by molar-refractivity contribution is 6.42. The number of methoxy groups -OCH3 is 1. The molecule has 7 heteroatoms. The highest BCUT2D eigenvalue weighted by Gasteiger charge is 2.37. The molecule has 0 aromatic heterocycles. The number of esters is 1. The van der Waals surface area contributed by atoms with E-state index in [9.17, 15) is 9.59 Å². The van der Waals surface area contributed by atoms with Gasteiger partial charge in [-0.25, -0.2) is 4.79 Å². The summed E-state index contributed by atoms with van der Waals surface area (Å²) in [5.41, 5.74) is 2.12. The molecule has 0 aliphatic carbocycles. The van der Waals surface area contributed by atoms with Crippen LogP contribution in [0.4, 0.5) is 5.69 Å². The van der Waals surface area contributed by atoms with E-state index in [-0.39, 0.29) is 17.1 Å². The maximum absolute atomic E-state index is 13.1. The van der Waals surface area contributed by atoms with Gasteiger partial charge in [-0.2, -0.15) is 0 Å². The number of benzene rings is 2. The molecule has 0 bridgehead atoms. The molecule has 0 N–H and O–H groups in total. The van der Waals surface area contributed by atoms with Gasteiger partial charge in [-0.1, -0.05) is 40.9 Å². The van der Waals surface area contributed by atoms with E-state index in [1.165, 1.54) is 12.0 Å². The Bertz CT molecular complexity index is 994. The molecule has 1 amide bonds. The number of rotatable bonds is 3. The van der Waals surface area contributed by atoms with Crippen LogP contribution in [0.15, 0.2) is 59.3 Å². The van der Waals surface area contributed by atoms with E-state index in [0.29, 0.717) is 32.0 Å². The minimum Gasteiger partial charge on any atom is -0.465 e. The smallest absolute Gasteiger partial charge is 0.340 e. The molecule has 0 spiro atoms. The van der Waals surface area contributed by atoms with E-state index in [1.54, 1.807) is 55.5 Å². The second-order valence-corrected chi connectivity index (χ2v) is 7.05. The van der Waals surface area contributed by atoms with E-state index >= 15 is 0 Å². The van der Waals surface area contributed by atoms with Crippen molar-refractivity contribution in [2.45, 2.75) is 6.92 Å². The Morgan fingerprint density at radius 1 is 1.04 bits per heavy atom. The fourth-order valence-electron chi connectivity index (χ4n) is 2.85. The molecular formula is C20H14Cl3NO3. The maximum Gasteiger partial charge on any atom is 0.340 e. The highest BCUT2D eigenvalue weighted by Crippen LogP contribution is 2.36. The first-order valence-electron chi connectivity index (χ1n) is 7.90. The van der Waals surface area contributed by atoms with Crippen molar-refractivity contribution in [2.75, 3.05) is 12.0 Å². The van der Waals surface area contributed by atoms with E-state index in [0.717, 1.165) is 0 Å². The van der Waals surface area contributed by atoms with Gasteiger partial charge in [0.25, 0.3) is 5.91 Å². The summed E-state index contributed by atoms with van der Waals surface area (Å²) in [7, 11) is 1.27. The molecule has 0 saturated carbocycles. The summed E-state index contributed by atoms with van der Waals surface area (Å²) >= 11 is 17.9. The minimum absolute atomic E-state index is 0.198. The topological polar surface area (TPSA) is 46.6 Å². The van der Waals surface area contributed by atoms with Crippen LogP contribution in [0, 0.1) is 0 Å². The summed E-state index contributed by atoms with van der Waals surface area (Å²) in [6.07, 6.45) is 1.59. The van der Waals surface area contributed by atoms with E-state index in [4.69, 9.17) is 39.5 Å². The van der Waals surface area contributed by atoms with Crippen LogP contribution in [0.5, 0.6) is 0 Å². The van der Waals surface area contributed by atoms with Crippen LogP contribution in [-0.4, -0.2) is 19.0 Å². The number of carbonyl (C=O) groups is 2. The van der Waals surface area contributed by atoms with E-state index in [1.807, 2.05) is 0 Å². The van der Waals surface area contributed by atoms with Gasteiger partial charge in [0.15, 0.2) is 0 Å². The Hall–Kier alpha value is -2.27. The van der Waals surface area contributed by atoms with Crippen LogP contribution in [-0.2, 0) is 14.3 Å². The van der Waals surface area contributed by atoms with Crippen molar-refractivity contribution in [3.8, 4) is 0 Å². The lowest BCUT2D eigenvalue weighted by atomic mass is 10.0. The normalized spacial score (nSPS) is 15.7. The summed E-state index contributed by atoms with van der Waals surface area (Å²) in [5.74, 6) is -0.940. The first kappa shape index (κ1) is 19.5. The van der Waals surface area contributed by atoms with Gasteiger partial charge in [-0.15, -0.1) is 0 Å². The zero-order valence-electron chi connectivity index (χ0n) is 14.4. The standard InChI is InChI=1S/C20H14Cl3NO3/c1-11-18(20(26)27-2)15(9-12-3-8-16(22)17(23)10-12)19(25)24(11)14-6-4-13(21)5-7-14/h3-10H,1-2H3/b15-9-. The third-order valence-electron chi connectivity index (χ3n) is 4.13. The summed E-state index contributed by atoms with van der Waals surface area (Å²) in [5, 5.41) is 1.30. The van der Waals surface area contributed by atoms with E-state index in [2.05, 4.69) is 0 Å². The molecule has 2 aromatic carbocycles. The Balaban J connectivity index is 2.13. The predicted molar refractivity (Wildman–Crippen MR) is 108 cm³/mol. The molecular weight excluding hydrogens is 409 g/mol. The average molecular weight is 423 g/mol. The van der Waals surface area contributed by atoms with Crippen LogP contribution < -0.4 is 4.90 Å². The van der Waals surface area contributed by atoms with E-state index < -0.39 is 5.97 Å². The number of halogens is 3. The van der Waals surface area contributed by atoms with Gasteiger partial charge in [0, 0.05) is 16.4 Å². The van der Waals surface area contributed by atoms with Gasteiger partial charge >= 0.3 is 5.97 Å². The lowest BCUT2D eigenvalue weighted by Gasteiger charge is -2.17. The molecule has 0 fully saturated rings. The second kappa shape index (κ2) is 7.77.